The van der Waals surface area contributed by atoms with E-state index in [1.54, 1.807) is 6.20 Å². The summed E-state index contributed by atoms with van der Waals surface area (Å²) in [6, 6.07) is -0.319. The van der Waals surface area contributed by atoms with E-state index in [-0.39, 0.29) is 17.9 Å². The van der Waals surface area contributed by atoms with E-state index in [9.17, 15) is 4.79 Å². The van der Waals surface area contributed by atoms with Gasteiger partial charge in [-0.05, 0) is 5.92 Å². The summed E-state index contributed by atoms with van der Waals surface area (Å²) < 4.78 is 9.75. The first-order valence-electron chi connectivity index (χ1n) is 4.83. The highest BCUT2D eigenvalue weighted by molar-refractivity contribution is 5.75. The van der Waals surface area contributed by atoms with E-state index in [1.807, 2.05) is 13.8 Å². The molecule has 0 spiro atoms. The first kappa shape index (κ1) is 11.7. The van der Waals surface area contributed by atoms with Crippen LogP contribution in [0.1, 0.15) is 19.6 Å². The molecule has 15 heavy (non-hydrogen) atoms. The van der Waals surface area contributed by atoms with Gasteiger partial charge in [-0.2, -0.15) is 0 Å². The summed E-state index contributed by atoms with van der Waals surface area (Å²) in [5.74, 6) is 0.606. The van der Waals surface area contributed by atoms with Crippen molar-refractivity contribution in [3.63, 3.8) is 0 Å². The van der Waals surface area contributed by atoms with Crippen LogP contribution in [-0.2, 0) is 16.1 Å². The topological polar surface area (TPSA) is 64.4 Å². The predicted molar refractivity (Wildman–Crippen MR) is 54.0 cm³/mol. The zero-order chi connectivity index (χ0) is 11.3. The normalized spacial score (nSPS) is 12.8. The summed E-state index contributed by atoms with van der Waals surface area (Å²) >= 11 is 0. The van der Waals surface area contributed by atoms with E-state index >= 15 is 0 Å². The average Bonchev–Trinajstić information content (AvgIpc) is 2.70. The highest BCUT2D eigenvalue weighted by Crippen LogP contribution is 2.05. The Kier molecular flexibility index (Phi) is 4.30. The van der Waals surface area contributed by atoms with Crippen LogP contribution >= 0.6 is 0 Å². The molecule has 0 fully saturated rings. The number of oxazole rings is 1. The molecular weight excluding hydrogens is 196 g/mol. The van der Waals surface area contributed by atoms with Crippen molar-refractivity contribution in [1.29, 1.82) is 0 Å². The average molecular weight is 212 g/mol. The lowest BCUT2D eigenvalue weighted by Gasteiger charge is -2.18. The number of aromatic nitrogens is 1. The number of carbonyl (C=O) groups is 1. The minimum Gasteiger partial charge on any atom is -0.468 e. The standard InChI is InChI=1S/C10H16N2O3/c1-7(2)9(10(13)14-3)12-5-8-4-11-6-15-8/h4,6-7,9,12H,5H2,1-3H3/t9-/m0/s1. The Labute approximate surface area is 88.8 Å². The van der Waals surface area contributed by atoms with Crippen molar-refractivity contribution in [3.8, 4) is 0 Å². The summed E-state index contributed by atoms with van der Waals surface area (Å²) in [4.78, 5) is 15.2. The van der Waals surface area contributed by atoms with Crippen LogP contribution in [0.25, 0.3) is 0 Å². The fraction of sp³-hybridized carbons (Fsp3) is 0.600. The SMILES string of the molecule is COC(=O)[C@@H](NCc1cnco1)C(C)C. The van der Waals surface area contributed by atoms with E-state index in [1.165, 1.54) is 13.5 Å². The number of esters is 1. The molecule has 1 aromatic rings. The van der Waals surface area contributed by atoms with Crippen LogP contribution in [0.2, 0.25) is 0 Å². The van der Waals surface area contributed by atoms with Crippen molar-refractivity contribution < 1.29 is 13.9 Å². The molecule has 0 saturated carbocycles. The van der Waals surface area contributed by atoms with Gasteiger partial charge in [-0.1, -0.05) is 13.8 Å². The Bertz CT molecular complexity index is 296. The summed E-state index contributed by atoms with van der Waals surface area (Å²) in [6.07, 6.45) is 2.97. The molecule has 0 aromatic carbocycles. The van der Waals surface area contributed by atoms with Gasteiger partial charge in [0, 0.05) is 0 Å². The fourth-order valence-corrected chi connectivity index (χ4v) is 1.26. The molecule has 84 valence electrons. The molecule has 0 amide bonds. The van der Waals surface area contributed by atoms with Crippen LogP contribution < -0.4 is 5.32 Å². The number of hydrogen-bond donors (Lipinski definition) is 1. The Hall–Kier alpha value is -1.36. The van der Waals surface area contributed by atoms with Gasteiger partial charge in [-0.15, -0.1) is 0 Å². The van der Waals surface area contributed by atoms with E-state index in [2.05, 4.69) is 10.3 Å². The Morgan fingerprint density at radius 2 is 2.40 bits per heavy atom. The first-order valence-corrected chi connectivity index (χ1v) is 4.83. The van der Waals surface area contributed by atoms with Gasteiger partial charge in [-0.3, -0.25) is 10.1 Å². The number of methoxy groups -OCH3 is 1. The van der Waals surface area contributed by atoms with Crippen molar-refractivity contribution in [3.05, 3.63) is 18.4 Å². The lowest BCUT2D eigenvalue weighted by molar-refractivity contribution is -0.144. The second-order valence-corrected chi connectivity index (χ2v) is 3.59. The van der Waals surface area contributed by atoms with Gasteiger partial charge in [0.05, 0.1) is 19.9 Å². The molecule has 5 nitrogen and oxygen atoms in total. The second kappa shape index (κ2) is 5.50. The highest BCUT2D eigenvalue weighted by Gasteiger charge is 2.22. The number of hydrogen-bond acceptors (Lipinski definition) is 5. The Balaban J connectivity index is 2.49. The minimum atomic E-state index is -0.319. The van der Waals surface area contributed by atoms with Crippen LogP contribution in [0.5, 0.6) is 0 Å². The number of carbonyl (C=O) groups excluding carboxylic acids is 1. The van der Waals surface area contributed by atoms with Crippen molar-refractivity contribution in [2.75, 3.05) is 7.11 Å². The Morgan fingerprint density at radius 1 is 1.67 bits per heavy atom. The number of nitrogens with one attached hydrogen (secondary N) is 1. The maximum atomic E-state index is 11.4. The van der Waals surface area contributed by atoms with Crippen LogP contribution in [-0.4, -0.2) is 24.1 Å². The molecule has 1 atom stereocenters. The zero-order valence-electron chi connectivity index (χ0n) is 9.19. The molecule has 0 aliphatic heterocycles. The van der Waals surface area contributed by atoms with Gasteiger partial charge in [0.2, 0.25) is 0 Å². The zero-order valence-corrected chi connectivity index (χ0v) is 9.19. The molecule has 5 heteroatoms. The summed E-state index contributed by atoms with van der Waals surface area (Å²) in [6.45, 7) is 4.38. The van der Waals surface area contributed by atoms with Crippen LogP contribution in [0, 0.1) is 5.92 Å². The fourth-order valence-electron chi connectivity index (χ4n) is 1.26. The van der Waals surface area contributed by atoms with Gasteiger partial charge in [-0.25, -0.2) is 4.98 Å². The molecule has 0 unspecified atom stereocenters. The monoisotopic (exact) mass is 212 g/mol. The van der Waals surface area contributed by atoms with Crippen LogP contribution in [0.3, 0.4) is 0 Å². The van der Waals surface area contributed by atoms with Gasteiger partial charge in [0.15, 0.2) is 6.39 Å². The smallest absolute Gasteiger partial charge is 0.323 e. The molecule has 0 saturated heterocycles. The highest BCUT2D eigenvalue weighted by atomic mass is 16.5. The molecule has 0 radical (unpaired) electrons. The minimum absolute atomic E-state index is 0.167. The molecule has 1 N–H and O–H groups in total. The molecular formula is C10H16N2O3. The van der Waals surface area contributed by atoms with Gasteiger partial charge >= 0.3 is 5.97 Å². The molecule has 0 aliphatic rings. The van der Waals surface area contributed by atoms with Crippen molar-refractivity contribution in [2.24, 2.45) is 5.92 Å². The number of ether oxygens (including phenoxy) is 1. The molecule has 0 aliphatic carbocycles. The van der Waals surface area contributed by atoms with Crippen molar-refractivity contribution in [1.82, 2.24) is 10.3 Å². The van der Waals surface area contributed by atoms with E-state index in [4.69, 9.17) is 9.15 Å². The second-order valence-electron chi connectivity index (χ2n) is 3.59. The van der Waals surface area contributed by atoms with E-state index in [0.29, 0.717) is 12.3 Å². The summed E-state index contributed by atoms with van der Waals surface area (Å²) in [7, 11) is 1.38. The van der Waals surface area contributed by atoms with Crippen LogP contribution in [0.4, 0.5) is 0 Å². The van der Waals surface area contributed by atoms with Crippen LogP contribution in [0.15, 0.2) is 17.0 Å². The maximum absolute atomic E-state index is 11.4. The lowest BCUT2D eigenvalue weighted by atomic mass is 10.0. The third-order valence-corrected chi connectivity index (χ3v) is 2.10. The molecule has 0 bridgehead atoms. The van der Waals surface area contributed by atoms with Crippen molar-refractivity contribution in [2.45, 2.75) is 26.4 Å². The first-order chi connectivity index (χ1) is 7.15. The summed E-state index contributed by atoms with van der Waals surface area (Å²) in [5, 5.41) is 3.06. The quantitative estimate of drug-likeness (QED) is 0.736. The Morgan fingerprint density at radius 3 is 2.87 bits per heavy atom. The summed E-state index contributed by atoms with van der Waals surface area (Å²) in [5.41, 5.74) is 0. The third-order valence-electron chi connectivity index (χ3n) is 2.10. The van der Waals surface area contributed by atoms with E-state index < -0.39 is 0 Å². The largest absolute Gasteiger partial charge is 0.468 e. The van der Waals surface area contributed by atoms with Gasteiger partial charge < -0.3 is 9.15 Å². The molecule has 1 rings (SSSR count). The van der Waals surface area contributed by atoms with E-state index in [0.717, 1.165) is 0 Å². The van der Waals surface area contributed by atoms with Crippen molar-refractivity contribution >= 4 is 5.97 Å². The molecule has 1 aromatic heterocycles. The van der Waals surface area contributed by atoms with Gasteiger partial charge in [0.1, 0.15) is 11.8 Å². The predicted octanol–water partition coefficient (Wildman–Crippen LogP) is 0.962. The number of rotatable bonds is 5. The number of nitrogens with zero attached hydrogens (tertiary/aromatic N) is 1. The van der Waals surface area contributed by atoms with Gasteiger partial charge in [0.25, 0.3) is 0 Å². The third kappa shape index (κ3) is 3.36. The lowest BCUT2D eigenvalue weighted by Crippen LogP contribution is -2.41. The molecule has 1 heterocycles. The maximum Gasteiger partial charge on any atom is 0.323 e.